The van der Waals surface area contributed by atoms with Gasteiger partial charge < -0.3 is 14.8 Å². The van der Waals surface area contributed by atoms with Gasteiger partial charge in [0.2, 0.25) is 0 Å². The molecular weight excluding hydrogens is 417 g/mol. The van der Waals surface area contributed by atoms with E-state index >= 15 is 0 Å². The number of nitrogens with one attached hydrogen (secondary N) is 1. The second-order valence-electron chi connectivity index (χ2n) is 9.04. The molecule has 0 aliphatic heterocycles. The van der Waals surface area contributed by atoms with E-state index in [9.17, 15) is 9.18 Å². The molecule has 0 aliphatic carbocycles. The molecule has 3 aromatic carbocycles. The Kier molecular flexibility index (Phi) is 7.75. The van der Waals surface area contributed by atoms with E-state index in [1.165, 1.54) is 12.1 Å². The minimum Gasteiger partial charge on any atom is -0.493 e. The first-order valence-electron chi connectivity index (χ1n) is 11.2. The molecule has 0 saturated heterocycles. The molecule has 0 spiro atoms. The van der Waals surface area contributed by atoms with E-state index in [0.717, 1.165) is 22.4 Å². The van der Waals surface area contributed by atoms with Crippen molar-refractivity contribution >= 4 is 5.91 Å². The molecule has 4 nitrogen and oxygen atoms in total. The van der Waals surface area contributed by atoms with Crippen molar-refractivity contribution in [1.29, 1.82) is 0 Å². The molecular formula is C28H32FNO3. The topological polar surface area (TPSA) is 47.6 Å². The molecule has 1 amide bonds. The van der Waals surface area contributed by atoms with Crippen molar-refractivity contribution < 1.29 is 18.7 Å². The fourth-order valence-electron chi connectivity index (χ4n) is 3.61. The Morgan fingerprint density at radius 3 is 2.33 bits per heavy atom. The van der Waals surface area contributed by atoms with Crippen molar-refractivity contribution in [2.24, 2.45) is 0 Å². The number of benzene rings is 3. The van der Waals surface area contributed by atoms with E-state index in [1.54, 1.807) is 30.3 Å². The Morgan fingerprint density at radius 2 is 1.67 bits per heavy atom. The Bertz CT molecular complexity index is 1090. The summed E-state index contributed by atoms with van der Waals surface area (Å²) in [4.78, 5) is 12.9. The highest BCUT2D eigenvalue weighted by Crippen LogP contribution is 2.32. The highest BCUT2D eigenvalue weighted by Gasteiger charge is 2.19. The van der Waals surface area contributed by atoms with Gasteiger partial charge in [-0.05, 0) is 66.8 Å². The summed E-state index contributed by atoms with van der Waals surface area (Å²) in [6.45, 7) is 11.0. The third-order valence-corrected chi connectivity index (χ3v) is 5.42. The Labute approximate surface area is 195 Å². The lowest BCUT2D eigenvalue weighted by molar-refractivity contribution is 0.0939. The molecule has 0 aromatic heterocycles. The van der Waals surface area contributed by atoms with Crippen molar-refractivity contribution in [3.63, 3.8) is 0 Å². The lowest BCUT2D eigenvalue weighted by Gasteiger charge is -2.23. The van der Waals surface area contributed by atoms with Gasteiger partial charge in [0, 0.05) is 11.1 Å². The fraction of sp³-hybridized carbons (Fsp3) is 0.321. The molecule has 5 heteroatoms. The van der Waals surface area contributed by atoms with Gasteiger partial charge in [0.25, 0.3) is 5.91 Å². The number of halogens is 1. The standard InChI is InChI=1S/C28H32FNO3/c1-6-32-25-16-13-21(27(31)30-19(2)20-11-14-23(29)15-12-20)17-22(25)18-33-26-10-8-7-9-24(26)28(3,4)5/h7-17,19H,6,18H2,1-5H3,(H,30,31)/t19-/m0/s1. The van der Waals surface area contributed by atoms with Crippen LogP contribution < -0.4 is 14.8 Å². The molecule has 0 aliphatic rings. The van der Waals surface area contributed by atoms with Gasteiger partial charge in [-0.1, -0.05) is 51.1 Å². The van der Waals surface area contributed by atoms with Gasteiger partial charge in [0.1, 0.15) is 23.9 Å². The first kappa shape index (κ1) is 24.3. The molecule has 0 fully saturated rings. The average Bonchev–Trinajstić information content (AvgIpc) is 2.78. The van der Waals surface area contributed by atoms with Gasteiger partial charge in [-0.3, -0.25) is 4.79 Å². The van der Waals surface area contributed by atoms with E-state index in [4.69, 9.17) is 9.47 Å². The quantitative estimate of drug-likeness (QED) is 0.422. The summed E-state index contributed by atoms with van der Waals surface area (Å²) in [5.74, 6) is 0.980. The van der Waals surface area contributed by atoms with Gasteiger partial charge >= 0.3 is 0 Å². The maximum atomic E-state index is 13.2. The van der Waals surface area contributed by atoms with Crippen LogP contribution in [0.25, 0.3) is 0 Å². The summed E-state index contributed by atoms with van der Waals surface area (Å²) in [6, 6.07) is 19.2. The molecule has 0 bridgehead atoms. The van der Waals surface area contributed by atoms with Crippen molar-refractivity contribution in [3.8, 4) is 11.5 Å². The summed E-state index contributed by atoms with van der Waals surface area (Å²) in [5.41, 5.74) is 3.19. The van der Waals surface area contributed by atoms with Crippen LogP contribution in [0.5, 0.6) is 11.5 Å². The number of amides is 1. The molecule has 0 radical (unpaired) electrons. The van der Waals surface area contributed by atoms with E-state index in [1.807, 2.05) is 32.0 Å². The second-order valence-corrected chi connectivity index (χ2v) is 9.04. The minimum absolute atomic E-state index is 0.0580. The maximum Gasteiger partial charge on any atom is 0.251 e. The average molecular weight is 450 g/mol. The number of rotatable bonds is 8. The molecule has 1 N–H and O–H groups in total. The monoisotopic (exact) mass is 449 g/mol. The van der Waals surface area contributed by atoms with Gasteiger partial charge in [-0.2, -0.15) is 0 Å². The molecule has 0 heterocycles. The minimum atomic E-state index is -0.304. The van der Waals surface area contributed by atoms with Crippen LogP contribution in [0.4, 0.5) is 4.39 Å². The van der Waals surface area contributed by atoms with Crippen molar-refractivity contribution in [3.05, 3.63) is 94.8 Å². The third kappa shape index (κ3) is 6.35. The first-order chi connectivity index (χ1) is 15.7. The largest absolute Gasteiger partial charge is 0.493 e. The summed E-state index contributed by atoms with van der Waals surface area (Å²) < 4.78 is 25.2. The van der Waals surface area contributed by atoms with E-state index in [2.05, 4.69) is 32.2 Å². The zero-order chi connectivity index (χ0) is 24.0. The van der Waals surface area contributed by atoms with Crippen molar-refractivity contribution in [2.45, 2.75) is 52.7 Å². The van der Waals surface area contributed by atoms with Gasteiger partial charge in [0.05, 0.1) is 12.6 Å². The molecule has 1 atom stereocenters. The Balaban J connectivity index is 1.79. The van der Waals surface area contributed by atoms with Gasteiger partial charge in [0.15, 0.2) is 0 Å². The van der Waals surface area contributed by atoms with Crippen LogP contribution in [-0.2, 0) is 12.0 Å². The predicted molar refractivity (Wildman–Crippen MR) is 129 cm³/mol. The zero-order valence-corrected chi connectivity index (χ0v) is 19.9. The lowest BCUT2D eigenvalue weighted by Crippen LogP contribution is -2.26. The molecule has 0 unspecified atom stereocenters. The smallest absolute Gasteiger partial charge is 0.251 e. The summed E-state index contributed by atoms with van der Waals surface area (Å²) in [5, 5.41) is 2.97. The Hall–Kier alpha value is -3.34. The SMILES string of the molecule is CCOc1ccc(C(=O)N[C@@H](C)c2ccc(F)cc2)cc1COc1ccccc1C(C)(C)C. The fourth-order valence-corrected chi connectivity index (χ4v) is 3.61. The van der Waals surface area contributed by atoms with E-state index < -0.39 is 0 Å². The van der Waals surface area contributed by atoms with E-state index in [-0.39, 0.29) is 29.8 Å². The lowest BCUT2D eigenvalue weighted by atomic mass is 9.86. The van der Waals surface area contributed by atoms with E-state index in [0.29, 0.717) is 17.9 Å². The number of carbonyl (C=O) groups is 1. The van der Waals surface area contributed by atoms with Crippen LogP contribution in [0.1, 0.15) is 67.7 Å². The van der Waals surface area contributed by atoms with Crippen LogP contribution in [0.15, 0.2) is 66.7 Å². The van der Waals surface area contributed by atoms with Gasteiger partial charge in [-0.15, -0.1) is 0 Å². The number of carbonyl (C=O) groups excluding carboxylic acids is 1. The maximum absolute atomic E-state index is 13.2. The first-order valence-corrected chi connectivity index (χ1v) is 11.2. The molecule has 3 aromatic rings. The summed E-state index contributed by atoms with van der Waals surface area (Å²) >= 11 is 0. The number of hydrogen-bond acceptors (Lipinski definition) is 3. The van der Waals surface area contributed by atoms with Crippen LogP contribution in [0.2, 0.25) is 0 Å². The number of hydrogen-bond donors (Lipinski definition) is 1. The number of ether oxygens (including phenoxy) is 2. The van der Waals surface area contributed by atoms with Crippen molar-refractivity contribution in [2.75, 3.05) is 6.61 Å². The zero-order valence-electron chi connectivity index (χ0n) is 19.9. The summed E-state index contributed by atoms with van der Waals surface area (Å²) in [7, 11) is 0. The normalized spacial score (nSPS) is 12.2. The molecule has 0 saturated carbocycles. The van der Waals surface area contributed by atoms with Gasteiger partial charge in [-0.25, -0.2) is 4.39 Å². The number of para-hydroxylation sites is 1. The summed E-state index contributed by atoms with van der Waals surface area (Å²) in [6.07, 6.45) is 0. The van der Waals surface area contributed by atoms with Crippen LogP contribution >= 0.6 is 0 Å². The second kappa shape index (κ2) is 10.5. The third-order valence-electron chi connectivity index (χ3n) is 5.42. The van der Waals surface area contributed by atoms with Crippen LogP contribution in [0, 0.1) is 5.82 Å². The highest BCUT2D eigenvalue weighted by atomic mass is 19.1. The molecule has 3 rings (SSSR count). The van der Waals surface area contributed by atoms with Crippen LogP contribution in [0.3, 0.4) is 0 Å². The highest BCUT2D eigenvalue weighted by molar-refractivity contribution is 5.94. The van der Waals surface area contributed by atoms with Crippen molar-refractivity contribution in [1.82, 2.24) is 5.32 Å². The Morgan fingerprint density at radius 1 is 0.970 bits per heavy atom. The molecule has 33 heavy (non-hydrogen) atoms. The van der Waals surface area contributed by atoms with Crippen LogP contribution in [-0.4, -0.2) is 12.5 Å². The predicted octanol–water partition coefficient (Wildman–Crippen LogP) is 6.59. The molecule has 174 valence electrons.